The Labute approximate surface area is 162 Å². The van der Waals surface area contributed by atoms with Crippen LogP contribution >= 0.6 is 34.4 Å². The fourth-order valence-electron chi connectivity index (χ4n) is 2.20. The van der Waals surface area contributed by atoms with Crippen LogP contribution in [0.1, 0.15) is 11.1 Å². The van der Waals surface area contributed by atoms with Gasteiger partial charge in [-0.3, -0.25) is 4.79 Å². The van der Waals surface area contributed by atoms with Crippen molar-refractivity contribution < 1.29 is 9.90 Å². The number of nitrogens with zero attached hydrogens (tertiary/aromatic N) is 2. The van der Waals surface area contributed by atoms with Crippen molar-refractivity contribution in [1.82, 2.24) is 15.4 Å². The first-order valence-corrected chi connectivity index (χ1v) is 9.48. The summed E-state index contributed by atoms with van der Waals surface area (Å²) in [5.74, 6) is 0.0958. The molecule has 1 aromatic heterocycles. The highest BCUT2D eigenvalue weighted by Gasteiger charge is 2.07. The maximum absolute atomic E-state index is 11.9. The molecule has 0 atom stereocenters. The molecule has 0 saturated carbocycles. The lowest BCUT2D eigenvalue weighted by Crippen LogP contribution is -2.19. The number of phenols is 1. The highest BCUT2D eigenvalue weighted by molar-refractivity contribution is 14.1. The van der Waals surface area contributed by atoms with Crippen molar-refractivity contribution in [3.05, 3.63) is 51.1 Å². The maximum atomic E-state index is 11.9. The van der Waals surface area contributed by atoms with E-state index in [2.05, 4.69) is 43.1 Å². The summed E-state index contributed by atoms with van der Waals surface area (Å²) in [6, 6.07) is 11.4. The molecule has 0 radical (unpaired) electrons. The lowest BCUT2D eigenvalue weighted by atomic mass is 10.1. The lowest BCUT2D eigenvalue weighted by Gasteiger charge is -2.03. The van der Waals surface area contributed by atoms with E-state index in [4.69, 9.17) is 0 Å². The van der Waals surface area contributed by atoms with Crippen molar-refractivity contribution in [2.24, 2.45) is 5.10 Å². The number of thioether (sulfide) groups is 1. The summed E-state index contributed by atoms with van der Waals surface area (Å²) in [7, 11) is 0. The molecule has 0 aliphatic carbocycles. The Kier molecular flexibility index (Phi) is 5.59. The second-order valence-corrected chi connectivity index (χ2v) is 7.45. The van der Waals surface area contributed by atoms with Crippen LogP contribution in [0.3, 0.4) is 0 Å². The van der Waals surface area contributed by atoms with Gasteiger partial charge in [0, 0.05) is 5.56 Å². The van der Waals surface area contributed by atoms with E-state index in [-0.39, 0.29) is 17.4 Å². The van der Waals surface area contributed by atoms with Gasteiger partial charge in [0.2, 0.25) is 0 Å². The summed E-state index contributed by atoms with van der Waals surface area (Å²) in [5.41, 5.74) is 5.84. The number of amides is 1. The Morgan fingerprint density at radius 2 is 2.24 bits per heavy atom. The Morgan fingerprint density at radius 1 is 1.44 bits per heavy atom. The first-order chi connectivity index (χ1) is 12.0. The van der Waals surface area contributed by atoms with Crippen LogP contribution in [-0.4, -0.2) is 32.9 Å². The molecular formula is C17H15IN4O2S. The predicted octanol–water partition coefficient (Wildman–Crippen LogP) is 3.42. The SMILES string of the molecule is Cc1cc(I)c(O)c(/C=N/NC(=O)CSc2nc3ccccc3[nH]2)c1. The number of hydrogen-bond donors (Lipinski definition) is 3. The summed E-state index contributed by atoms with van der Waals surface area (Å²) >= 11 is 3.36. The average molecular weight is 466 g/mol. The normalized spacial score (nSPS) is 11.3. The van der Waals surface area contributed by atoms with Crippen molar-refractivity contribution in [3.8, 4) is 5.75 Å². The third kappa shape index (κ3) is 4.51. The number of carbonyl (C=O) groups excluding carboxylic acids is 1. The van der Waals surface area contributed by atoms with Gasteiger partial charge in [-0.15, -0.1) is 0 Å². The number of hydrogen-bond acceptors (Lipinski definition) is 5. The van der Waals surface area contributed by atoms with Gasteiger partial charge in [0.15, 0.2) is 5.16 Å². The van der Waals surface area contributed by atoms with Crippen LogP contribution in [-0.2, 0) is 4.79 Å². The number of halogens is 1. The number of H-pyrrole nitrogens is 1. The summed E-state index contributed by atoms with van der Waals surface area (Å²) in [4.78, 5) is 19.4. The first kappa shape index (κ1) is 17.7. The number of phenolic OH excluding ortho intramolecular Hbond substituents is 1. The van der Waals surface area contributed by atoms with Crippen molar-refractivity contribution in [2.45, 2.75) is 12.1 Å². The Bertz CT molecular complexity index is 922. The van der Waals surface area contributed by atoms with Gasteiger partial charge >= 0.3 is 0 Å². The lowest BCUT2D eigenvalue weighted by molar-refractivity contribution is -0.118. The summed E-state index contributed by atoms with van der Waals surface area (Å²) in [6.07, 6.45) is 1.44. The zero-order valence-corrected chi connectivity index (χ0v) is 16.3. The molecule has 3 rings (SSSR count). The standard InChI is InChI=1S/C17H15IN4O2S/c1-10-6-11(16(24)12(18)7-10)8-19-22-15(23)9-25-17-20-13-4-2-3-5-14(13)21-17/h2-8,24H,9H2,1H3,(H,20,21)(H,22,23)/b19-8+. The molecule has 0 fully saturated rings. The van der Waals surface area contributed by atoms with Crippen LogP contribution < -0.4 is 5.43 Å². The number of para-hydroxylation sites is 2. The molecule has 3 N–H and O–H groups in total. The molecule has 8 heteroatoms. The molecule has 3 aromatic rings. The topological polar surface area (TPSA) is 90.4 Å². The molecule has 2 aromatic carbocycles. The maximum Gasteiger partial charge on any atom is 0.250 e. The van der Waals surface area contributed by atoms with Gasteiger partial charge in [0.05, 0.1) is 26.6 Å². The molecule has 1 amide bonds. The fourth-order valence-corrected chi connectivity index (χ4v) is 3.68. The van der Waals surface area contributed by atoms with Crippen molar-refractivity contribution in [1.29, 1.82) is 0 Å². The van der Waals surface area contributed by atoms with E-state index < -0.39 is 0 Å². The number of carbonyl (C=O) groups is 1. The summed E-state index contributed by atoms with van der Waals surface area (Å²) < 4.78 is 0.741. The van der Waals surface area contributed by atoms with Gasteiger partial charge in [-0.25, -0.2) is 10.4 Å². The monoisotopic (exact) mass is 466 g/mol. The van der Waals surface area contributed by atoms with Crippen LogP contribution in [0.5, 0.6) is 5.75 Å². The number of aromatic nitrogens is 2. The number of nitrogens with one attached hydrogen (secondary N) is 2. The summed E-state index contributed by atoms with van der Waals surface area (Å²) in [6.45, 7) is 1.93. The van der Waals surface area contributed by atoms with E-state index in [0.717, 1.165) is 20.2 Å². The van der Waals surface area contributed by atoms with Gasteiger partial charge < -0.3 is 10.1 Å². The van der Waals surface area contributed by atoms with Crippen LogP contribution in [0.4, 0.5) is 0 Å². The molecule has 6 nitrogen and oxygen atoms in total. The third-order valence-electron chi connectivity index (χ3n) is 3.34. The molecule has 128 valence electrons. The largest absolute Gasteiger partial charge is 0.506 e. The smallest absolute Gasteiger partial charge is 0.250 e. The minimum absolute atomic E-state index is 0.154. The predicted molar refractivity (Wildman–Crippen MR) is 108 cm³/mol. The molecule has 0 bridgehead atoms. The molecule has 0 saturated heterocycles. The zero-order valence-electron chi connectivity index (χ0n) is 13.3. The Morgan fingerprint density at radius 3 is 3.04 bits per heavy atom. The zero-order chi connectivity index (χ0) is 17.8. The quantitative estimate of drug-likeness (QED) is 0.233. The number of rotatable bonds is 5. The molecule has 25 heavy (non-hydrogen) atoms. The number of aromatic hydroxyl groups is 1. The van der Waals surface area contributed by atoms with Gasteiger partial charge in [-0.05, 0) is 59.3 Å². The van der Waals surface area contributed by atoms with Crippen molar-refractivity contribution >= 4 is 57.5 Å². The van der Waals surface area contributed by atoms with E-state index in [1.807, 2.05) is 37.3 Å². The highest BCUT2D eigenvalue weighted by Crippen LogP contribution is 2.24. The number of hydrazone groups is 1. The van der Waals surface area contributed by atoms with Crippen LogP contribution in [0, 0.1) is 10.5 Å². The van der Waals surface area contributed by atoms with Crippen LogP contribution in [0.25, 0.3) is 11.0 Å². The third-order valence-corrected chi connectivity index (χ3v) is 5.03. The van der Waals surface area contributed by atoms with Gasteiger partial charge in [0.25, 0.3) is 5.91 Å². The van der Waals surface area contributed by atoms with E-state index in [0.29, 0.717) is 10.7 Å². The second-order valence-electron chi connectivity index (χ2n) is 5.33. The molecule has 1 heterocycles. The number of imidazole rings is 1. The molecule has 0 aliphatic rings. The molecule has 0 aliphatic heterocycles. The first-order valence-electron chi connectivity index (χ1n) is 7.41. The van der Waals surface area contributed by atoms with Crippen molar-refractivity contribution in [3.63, 3.8) is 0 Å². The Hall–Kier alpha value is -2.07. The molecule has 0 spiro atoms. The highest BCUT2D eigenvalue weighted by atomic mass is 127. The van der Waals surface area contributed by atoms with E-state index >= 15 is 0 Å². The second kappa shape index (κ2) is 7.87. The molecular weight excluding hydrogens is 451 g/mol. The van der Waals surface area contributed by atoms with Crippen LogP contribution in [0.15, 0.2) is 46.7 Å². The average Bonchev–Trinajstić information content (AvgIpc) is 3.00. The van der Waals surface area contributed by atoms with Crippen LogP contribution in [0.2, 0.25) is 0 Å². The molecule has 0 unspecified atom stereocenters. The van der Waals surface area contributed by atoms with E-state index in [9.17, 15) is 9.90 Å². The fraction of sp³-hybridized carbons (Fsp3) is 0.118. The number of benzene rings is 2. The number of aryl methyl sites for hydroxylation is 1. The Balaban J connectivity index is 1.56. The van der Waals surface area contributed by atoms with E-state index in [1.54, 1.807) is 6.07 Å². The van der Waals surface area contributed by atoms with Gasteiger partial charge in [-0.1, -0.05) is 23.9 Å². The van der Waals surface area contributed by atoms with Gasteiger partial charge in [-0.2, -0.15) is 5.10 Å². The van der Waals surface area contributed by atoms with Crippen molar-refractivity contribution in [2.75, 3.05) is 5.75 Å². The minimum atomic E-state index is -0.247. The minimum Gasteiger partial charge on any atom is -0.506 e. The number of aromatic amines is 1. The summed E-state index contributed by atoms with van der Waals surface area (Å²) in [5, 5.41) is 14.6. The van der Waals surface area contributed by atoms with E-state index in [1.165, 1.54) is 18.0 Å². The number of fused-ring (bicyclic) bond motifs is 1. The van der Waals surface area contributed by atoms with Gasteiger partial charge in [0.1, 0.15) is 5.75 Å².